The van der Waals surface area contributed by atoms with Crippen molar-refractivity contribution in [2.45, 2.75) is 32.6 Å². The first-order chi connectivity index (χ1) is 11.9. The quantitative estimate of drug-likeness (QED) is 0.651. The van der Waals surface area contributed by atoms with E-state index in [1.54, 1.807) is 19.9 Å². The topological polar surface area (TPSA) is 70.9 Å². The number of hydrogen-bond donors (Lipinski definition) is 2. The number of sulfonamides is 1. The van der Waals surface area contributed by atoms with Crippen molar-refractivity contribution in [1.29, 1.82) is 0 Å². The van der Waals surface area contributed by atoms with E-state index in [2.05, 4.69) is 33.3 Å². The second-order valence-electron chi connectivity index (χ2n) is 7.47. The molecular weight excluding hydrogens is 374 g/mol. The van der Waals surface area contributed by atoms with Crippen molar-refractivity contribution in [2.75, 3.05) is 40.3 Å². The summed E-state index contributed by atoms with van der Waals surface area (Å²) in [4.78, 5) is 13.8. The lowest BCUT2D eigenvalue weighted by Crippen LogP contribution is -3.07. The molecule has 6 nitrogen and oxygen atoms in total. The third-order valence-electron chi connectivity index (χ3n) is 4.08. The number of carbonyl (C=O) groups is 1. The molecule has 0 heterocycles. The van der Waals surface area contributed by atoms with Crippen LogP contribution in [-0.4, -0.2) is 58.9 Å². The molecule has 8 heteroatoms. The van der Waals surface area contributed by atoms with Crippen molar-refractivity contribution >= 4 is 27.5 Å². The molecule has 1 amide bonds. The molecule has 0 fully saturated rings. The lowest BCUT2D eigenvalue weighted by atomic mass is 9.93. The number of halogens is 1. The highest BCUT2D eigenvalue weighted by atomic mass is 35.5. The molecule has 0 atom stereocenters. The van der Waals surface area contributed by atoms with Crippen LogP contribution in [0.4, 0.5) is 0 Å². The monoisotopic (exact) mass is 404 g/mol. The molecule has 0 radical (unpaired) electrons. The fourth-order valence-electron chi connectivity index (χ4n) is 2.99. The Bertz CT molecular complexity index is 729. The number of hydrogen-bond acceptors (Lipinski definition) is 3. The smallest absolute Gasteiger partial charge is 0.251 e. The molecule has 0 saturated heterocycles. The van der Waals surface area contributed by atoms with E-state index >= 15 is 0 Å². The average molecular weight is 405 g/mol. The van der Waals surface area contributed by atoms with E-state index < -0.39 is 10.0 Å². The number of quaternary nitrogens is 1. The SMILES string of the molecule is CCN(CC)S(=O)(=O)c1cc(C(=O)NCC(C)(C)C[NH+](C)C)ccc1Cl. The number of benzene rings is 1. The van der Waals surface area contributed by atoms with Crippen molar-refractivity contribution < 1.29 is 18.1 Å². The van der Waals surface area contributed by atoms with Gasteiger partial charge in [-0.05, 0) is 18.2 Å². The van der Waals surface area contributed by atoms with Crippen molar-refractivity contribution in [1.82, 2.24) is 9.62 Å². The Morgan fingerprint density at radius 3 is 2.31 bits per heavy atom. The zero-order valence-electron chi connectivity index (χ0n) is 16.5. The Kier molecular flexibility index (Phi) is 8.07. The summed E-state index contributed by atoms with van der Waals surface area (Å²) in [7, 11) is 0.396. The third-order valence-corrected chi connectivity index (χ3v) is 6.61. The number of amides is 1. The summed E-state index contributed by atoms with van der Waals surface area (Å²) in [5.74, 6) is -0.306. The fraction of sp³-hybridized carbons (Fsp3) is 0.611. The Morgan fingerprint density at radius 1 is 1.23 bits per heavy atom. The molecule has 148 valence electrons. The minimum absolute atomic E-state index is 0.0347. The fourth-order valence-corrected chi connectivity index (χ4v) is 4.94. The molecular formula is C18H31ClN3O3S+. The minimum Gasteiger partial charge on any atom is -0.351 e. The van der Waals surface area contributed by atoms with E-state index in [1.807, 2.05) is 0 Å². The summed E-state index contributed by atoms with van der Waals surface area (Å²) >= 11 is 6.11. The molecule has 1 rings (SSSR count). The van der Waals surface area contributed by atoms with Gasteiger partial charge in [0.05, 0.1) is 25.7 Å². The maximum Gasteiger partial charge on any atom is 0.251 e. The number of nitrogens with zero attached hydrogens (tertiary/aromatic N) is 1. The van der Waals surface area contributed by atoms with Gasteiger partial charge in [-0.25, -0.2) is 8.42 Å². The van der Waals surface area contributed by atoms with Crippen LogP contribution in [0.3, 0.4) is 0 Å². The first-order valence-electron chi connectivity index (χ1n) is 8.81. The molecule has 1 aromatic rings. The summed E-state index contributed by atoms with van der Waals surface area (Å²) in [6.45, 7) is 9.77. The van der Waals surface area contributed by atoms with Gasteiger partial charge < -0.3 is 10.2 Å². The Morgan fingerprint density at radius 2 is 1.81 bits per heavy atom. The van der Waals surface area contributed by atoms with E-state index in [9.17, 15) is 13.2 Å². The summed E-state index contributed by atoms with van der Waals surface area (Å²) in [5.41, 5.74) is 0.213. The minimum atomic E-state index is -3.73. The van der Waals surface area contributed by atoms with Gasteiger partial charge in [0.15, 0.2) is 0 Å². The number of rotatable bonds is 9. The van der Waals surface area contributed by atoms with Crippen molar-refractivity contribution in [3.05, 3.63) is 28.8 Å². The average Bonchev–Trinajstić information content (AvgIpc) is 2.52. The van der Waals surface area contributed by atoms with Crippen LogP contribution >= 0.6 is 11.6 Å². The van der Waals surface area contributed by atoms with E-state index in [0.29, 0.717) is 19.6 Å². The summed E-state index contributed by atoms with van der Waals surface area (Å²) in [5, 5.41) is 3.01. The Labute approximate surface area is 162 Å². The van der Waals surface area contributed by atoms with Gasteiger partial charge in [-0.3, -0.25) is 4.79 Å². The molecule has 0 aromatic heterocycles. The maximum atomic E-state index is 12.7. The van der Waals surface area contributed by atoms with Crippen LogP contribution in [0, 0.1) is 5.41 Å². The maximum absolute atomic E-state index is 12.7. The second-order valence-corrected chi connectivity index (χ2v) is 9.78. The molecule has 0 aliphatic rings. The van der Waals surface area contributed by atoms with Crippen molar-refractivity contribution in [3.63, 3.8) is 0 Å². The van der Waals surface area contributed by atoms with E-state index in [4.69, 9.17) is 11.6 Å². The Balaban J connectivity index is 3.05. The van der Waals surface area contributed by atoms with Crippen LogP contribution in [0.15, 0.2) is 23.1 Å². The van der Waals surface area contributed by atoms with Crippen LogP contribution in [0.2, 0.25) is 5.02 Å². The highest BCUT2D eigenvalue weighted by Gasteiger charge is 2.26. The lowest BCUT2D eigenvalue weighted by Gasteiger charge is -2.26. The van der Waals surface area contributed by atoms with Gasteiger partial charge in [-0.2, -0.15) is 4.31 Å². The first-order valence-corrected chi connectivity index (χ1v) is 10.6. The standard InChI is InChI=1S/C18H30ClN3O3S/c1-7-22(8-2)26(24,25)16-11-14(9-10-15(16)19)17(23)20-12-18(3,4)13-21(5)6/h9-11H,7-8,12-13H2,1-6H3,(H,20,23)/p+1. The van der Waals surface area contributed by atoms with E-state index in [-0.39, 0.29) is 26.8 Å². The van der Waals surface area contributed by atoms with Gasteiger partial charge in [-0.15, -0.1) is 0 Å². The highest BCUT2D eigenvalue weighted by Crippen LogP contribution is 2.26. The molecule has 0 aliphatic carbocycles. The van der Waals surface area contributed by atoms with Crippen LogP contribution in [-0.2, 0) is 10.0 Å². The van der Waals surface area contributed by atoms with Gasteiger partial charge in [0.25, 0.3) is 5.91 Å². The van der Waals surface area contributed by atoms with Gasteiger partial charge in [0.1, 0.15) is 4.90 Å². The highest BCUT2D eigenvalue weighted by molar-refractivity contribution is 7.89. The lowest BCUT2D eigenvalue weighted by molar-refractivity contribution is -0.865. The van der Waals surface area contributed by atoms with Crippen LogP contribution in [0.25, 0.3) is 0 Å². The molecule has 0 bridgehead atoms. The Hall–Kier alpha value is -1.15. The zero-order chi connectivity index (χ0) is 20.1. The number of nitrogens with one attached hydrogen (secondary N) is 2. The summed E-state index contributed by atoms with van der Waals surface area (Å²) in [6.07, 6.45) is 0. The molecule has 1 aromatic carbocycles. The van der Waals surface area contributed by atoms with Crippen molar-refractivity contribution in [3.8, 4) is 0 Å². The van der Waals surface area contributed by atoms with Crippen molar-refractivity contribution in [2.24, 2.45) is 5.41 Å². The largest absolute Gasteiger partial charge is 0.351 e. The molecule has 0 aliphatic heterocycles. The molecule has 2 N–H and O–H groups in total. The normalized spacial score (nSPS) is 12.7. The molecule has 0 saturated carbocycles. The third kappa shape index (κ3) is 5.94. The van der Waals surface area contributed by atoms with Crippen LogP contribution in [0.1, 0.15) is 38.1 Å². The zero-order valence-corrected chi connectivity index (χ0v) is 18.1. The van der Waals surface area contributed by atoms with E-state index in [0.717, 1.165) is 6.54 Å². The number of carbonyl (C=O) groups excluding carboxylic acids is 1. The van der Waals surface area contributed by atoms with Crippen LogP contribution in [0.5, 0.6) is 0 Å². The second kappa shape index (κ2) is 9.17. The summed E-state index contributed by atoms with van der Waals surface area (Å²) in [6, 6.07) is 4.36. The first kappa shape index (κ1) is 22.9. The summed E-state index contributed by atoms with van der Waals surface area (Å²) < 4.78 is 26.8. The molecule has 0 spiro atoms. The van der Waals surface area contributed by atoms with Gasteiger partial charge >= 0.3 is 0 Å². The van der Waals surface area contributed by atoms with Crippen LogP contribution < -0.4 is 10.2 Å². The predicted molar refractivity (Wildman–Crippen MR) is 105 cm³/mol. The van der Waals surface area contributed by atoms with Gasteiger partial charge in [0, 0.05) is 30.6 Å². The van der Waals surface area contributed by atoms with E-state index in [1.165, 1.54) is 21.3 Å². The predicted octanol–water partition coefficient (Wildman–Crippen LogP) is 1.27. The van der Waals surface area contributed by atoms with Gasteiger partial charge in [0.2, 0.25) is 10.0 Å². The molecule has 26 heavy (non-hydrogen) atoms. The molecule has 0 unspecified atom stereocenters. The van der Waals surface area contributed by atoms with Gasteiger partial charge in [-0.1, -0.05) is 39.3 Å².